The maximum Gasteiger partial charge on any atom is 0.407 e. The summed E-state index contributed by atoms with van der Waals surface area (Å²) in [7, 11) is -8.79. The number of amides is 5. The number of alkyl carbamates (subject to hydrolysis) is 1. The lowest BCUT2D eigenvalue weighted by Crippen LogP contribution is -2.56. The zero-order chi connectivity index (χ0) is 72.1. The summed E-state index contributed by atoms with van der Waals surface area (Å²) in [4.78, 5) is 161. The number of fused-ring (bicyclic) bond motifs is 3. The van der Waals surface area contributed by atoms with Gasteiger partial charge < -0.3 is 85.7 Å². The number of ketones is 4. The lowest BCUT2D eigenvalue weighted by atomic mass is 9.72. The highest BCUT2D eigenvalue weighted by Gasteiger charge is 2.51. The Morgan fingerprint density at radius 3 is 2.22 bits per heavy atom. The standard InChI is InChI=1S/C66H83N5O24P2S2/c1-36-58(77)44(29-52(94-36)95-47-32-66(85,49(74)33-72)31-42-55(47)62(81)57-56(60(42)79)59(78)41-16-11-17-46(92-2)54(41)61(57)80)70-65(84)93-34-38-19-21-40(22-20-38)68-63(82)39(15-8-9-23-67)28-45(73)43(27-37-13-5-3-6-14-37)69-50(75)18-7-4-10-24-71-51(76)30-48(64(71)83)99-26-12-25-98-35-53(96(86,87)88)97(89,90)91/h3,5-6,11,13-14,16-17,19-22,36,39,43-44,47-48,52-53,58,72,77,79,81,85H,4,7-10,12,15,18,23-35,67H2,1-2H3,(H,68,82)(H,69,75)(H,70,84)(H2,86,87,88)(H2,89,90,91)/t36-,39?,43?,44-,47?,48?,52-,58+,66-/m0/s1. The number of unbranched alkanes of at least 4 members (excludes halogenated alkanes) is 3. The fourth-order valence-electron chi connectivity index (χ4n) is 12.5. The molecule has 2 heterocycles. The zero-order valence-corrected chi connectivity index (χ0v) is 57.8. The second-order valence-corrected chi connectivity index (χ2v) is 31.3. The normalized spacial score (nSPS) is 21.3. The van der Waals surface area contributed by atoms with Gasteiger partial charge >= 0.3 is 21.3 Å². The summed E-state index contributed by atoms with van der Waals surface area (Å²) in [5.41, 5.74) is 2.92. The van der Waals surface area contributed by atoms with Gasteiger partial charge in [0.1, 0.15) is 42.2 Å². The van der Waals surface area contributed by atoms with E-state index in [9.17, 15) is 97.4 Å². The molecule has 33 heteroatoms. The average Bonchev–Trinajstić information content (AvgIpc) is 1.02. The minimum atomic E-state index is -5.03. The molecule has 9 atom stereocenters. The Hall–Kier alpha value is -6.93. The van der Waals surface area contributed by atoms with E-state index in [0.29, 0.717) is 74.2 Å². The first-order valence-corrected chi connectivity index (χ1v) is 37.8. The van der Waals surface area contributed by atoms with E-state index in [1.165, 1.54) is 48.9 Å². The number of nitrogens with two attached hydrogens (primary N) is 1. The molecule has 0 saturated carbocycles. The van der Waals surface area contributed by atoms with Crippen LogP contribution < -0.4 is 26.4 Å². The number of phenols is 2. The zero-order valence-electron chi connectivity index (χ0n) is 54.4. The fraction of sp³-hybridized carbons (Fsp3) is 0.500. The van der Waals surface area contributed by atoms with Crippen LogP contribution in [0.3, 0.4) is 0 Å². The van der Waals surface area contributed by atoms with Crippen LogP contribution in [-0.2, 0) is 71.6 Å². The van der Waals surface area contributed by atoms with Crippen LogP contribution in [0.2, 0.25) is 0 Å². The Morgan fingerprint density at radius 1 is 0.838 bits per heavy atom. The van der Waals surface area contributed by atoms with E-state index in [-0.39, 0.29) is 90.9 Å². The van der Waals surface area contributed by atoms with Crippen molar-refractivity contribution < 1.29 is 116 Å². The highest BCUT2D eigenvalue weighted by Crippen LogP contribution is 2.61. The Kier molecular flexibility index (Phi) is 27.2. The van der Waals surface area contributed by atoms with Crippen LogP contribution >= 0.6 is 38.7 Å². The van der Waals surface area contributed by atoms with Crippen LogP contribution in [-0.4, -0.2) is 194 Å². The summed E-state index contributed by atoms with van der Waals surface area (Å²) in [6.45, 7) is 0.518. The van der Waals surface area contributed by atoms with Crippen LogP contribution in [0.5, 0.6) is 17.2 Å². The van der Waals surface area contributed by atoms with E-state index in [4.69, 9.17) is 24.7 Å². The number of anilines is 1. The second kappa shape index (κ2) is 34.6. The molecular formula is C66H83N5O24P2S2. The number of carbonyl (C=O) groups excluding carboxylic acids is 9. The number of benzene rings is 4. The molecule has 8 rings (SSSR count). The smallest absolute Gasteiger partial charge is 0.407 e. The molecule has 4 aromatic carbocycles. The largest absolute Gasteiger partial charge is 0.507 e. The first-order valence-electron chi connectivity index (χ1n) is 32.2. The first kappa shape index (κ1) is 77.8. The molecule has 2 aliphatic carbocycles. The Morgan fingerprint density at radius 2 is 1.55 bits per heavy atom. The summed E-state index contributed by atoms with van der Waals surface area (Å²) in [5, 5.41) is 62.1. The Bertz CT molecular complexity index is 3720. The Balaban J connectivity index is 0.823. The molecule has 14 N–H and O–H groups in total. The number of methoxy groups -OCH3 is 1. The van der Waals surface area contributed by atoms with E-state index in [0.717, 1.165) is 17.3 Å². The third-order valence-electron chi connectivity index (χ3n) is 17.8. The summed E-state index contributed by atoms with van der Waals surface area (Å²) < 4.78 is 46.2. The maximum absolute atomic E-state index is 14.3. The molecule has 538 valence electrons. The van der Waals surface area contributed by atoms with Gasteiger partial charge in [-0.2, -0.15) is 11.8 Å². The van der Waals surface area contributed by atoms with Gasteiger partial charge in [0.25, 0.3) is 0 Å². The number of imide groups is 1. The number of likely N-dealkylation sites (tertiary alicyclic amines) is 1. The Labute approximate surface area is 578 Å². The quantitative estimate of drug-likeness (QED) is 0.0114. The monoisotopic (exact) mass is 1460 g/mol. The highest BCUT2D eigenvalue weighted by atomic mass is 32.2. The number of thioether (sulfide) groups is 2. The van der Waals surface area contributed by atoms with E-state index in [1.807, 2.05) is 18.2 Å². The van der Waals surface area contributed by atoms with Gasteiger partial charge in [-0.05, 0) is 92.8 Å². The predicted molar refractivity (Wildman–Crippen MR) is 360 cm³/mol. The molecule has 0 spiro atoms. The SMILES string of the molecule is COc1cccc2c1C(=O)c1c(O)c3c(c(O)c1C2=O)C[C@@](O)(C(=O)CO)CC3O[C@H]1C[C@H](NC(=O)OCc2ccc(NC(=O)C(CCCCN)CC(=O)C(Cc3ccccc3)NC(=O)CCCCCN3C(=O)CC(SCCCSCC(P(=O)(O)O)P(=O)(O)O)C3=O)cc2)[C@H](O)[C@H](C)O1. The van der Waals surface area contributed by atoms with E-state index >= 15 is 0 Å². The molecule has 2 saturated heterocycles. The van der Waals surface area contributed by atoms with Crippen LogP contribution in [0.25, 0.3) is 0 Å². The second-order valence-electron chi connectivity index (χ2n) is 24.8. The number of Topliss-reactive ketones (excluding diaryl/α,β-unsaturated/α-hetero) is 2. The minimum Gasteiger partial charge on any atom is -0.507 e. The fourth-order valence-corrected chi connectivity index (χ4v) is 18.2. The minimum absolute atomic E-state index is 0.00968. The van der Waals surface area contributed by atoms with Crippen molar-refractivity contribution in [1.82, 2.24) is 15.5 Å². The molecular weight excluding hydrogens is 1370 g/mol. The van der Waals surface area contributed by atoms with Crippen LogP contribution in [0, 0.1) is 5.92 Å². The van der Waals surface area contributed by atoms with Crippen LogP contribution in [0.4, 0.5) is 10.5 Å². The summed E-state index contributed by atoms with van der Waals surface area (Å²) in [6, 6.07) is 17.4. The molecule has 4 aliphatic rings. The molecule has 29 nitrogen and oxygen atoms in total. The van der Waals surface area contributed by atoms with Gasteiger partial charge in [-0.1, -0.05) is 67.4 Å². The highest BCUT2D eigenvalue weighted by molar-refractivity contribution is 8.01. The number of hydrogen-bond donors (Lipinski definition) is 13. The number of hydrogen-bond acceptors (Lipinski definition) is 23. The number of nitrogens with zero attached hydrogens (tertiary/aromatic N) is 1. The molecule has 4 unspecified atom stereocenters. The van der Waals surface area contributed by atoms with Gasteiger partial charge in [0.05, 0.1) is 53.3 Å². The average molecular weight is 1460 g/mol. The number of phenolic OH excluding ortho intramolecular Hbond substituents is 2. The summed E-state index contributed by atoms with van der Waals surface area (Å²) >= 11 is 2.22. The molecule has 5 amide bonds. The van der Waals surface area contributed by atoms with E-state index in [1.54, 1.807) is 36.4 Å². The van der Waals surface area contributed by atoms with Crippen molar-refractivity contribution in [2.24, 2.45) is 11.7 Å². The van der Waals surface area contributed by atoms with Gasteiger partial charge in [0, 0.05) is 79.1 Å². The lowest BCUT2D eigenvalue weighted by Gasteiger charge is -2.42. The number of aliphatic hydroxyl groups is 3. The number of nitrogens with one attached hydrogen (secondary N) is 3. The lowest BCUT2D eigenvalue weighted by molar-refractivity contribution is -0.249. The number of carbonyl (C=O) groups is 9. The molecule has 4 aromatic rings. The molecule has 0 aromatic heterocycles. The first-order chi connectivity index (χ1) is 47.0. The van der Waals surface area contributed by atoms with Gasteiger partial charge in [-0.3, -0.25) is 52.4 Å². The van der Waals surface area contributed by atoms with Crippen LogP contribution in [0.15, 0.2) is 72.8 Å². The van der Waals surface area contributed by atoms with E-state index < -0.39 is 157 Å². The molecule has 0 bridgehead atoms. The van der Waals surface area contributed by atoms with Crippen molar-refractivity contribution in [3.05, 3.63) is 117 Å². The van der Waals surface area contributed by atoms with Crippen molar-refractivity contribution in [1.29, 1.82) is 0 Å². The number of aromatic hydroxyl groups is 2. The summed E-state index contributed by atoms with van der Waals surface area (Å²) in [6.07, 6.45) is -4.96. The van der Waals surface area contributed by atoms with Gasteiger partial charge in [0.15, 0.2) is 29.0 Å². The van der Waals surface area contributed by atoms with Gasteiger partial charge in [-0.25, -0.2) is 4.79 Å². The van der Waals surface area contributed by atoms with Crippen molar-refractivity contribution in [2.75, 3.05) is 49.4 Å². The van der Waals surface area contributed by atoms with Gasteiger partial charge in [0.2, 0.25) is 29.4 Å². The molecule has 2 aliphatic heterocycles. The van der Waals surface area contributed by atoms with Crippen molar-refractivity contribution in [3.8, 4) is 17.2 Å². The summed E-state index contributed by atoms with van der Waals surface area (Å²) in [5.74, 6) is -6.91. The van der Waals surface area contributed by atoms with Crippen LogP contribution in [0.1, 0.15) is 144 Å². The number of aliphatic hydroxyl groups excluding tert-OH is 2. The molecule has 0 radical (unpaired) electrons. The predicted octanol–water partition coefficient (Wildman–Crippen LogP) is 4.57. The van der Waals surface area contributed by atoms with Crippen molar-refractivity contribution in [3.63, 3.8) is 0 Å². The molecule has 2 fully saturated rings. The topological polar surface area (TPSA) is 472 Å². The van der Waals surface area contributed by atoms with Gasteiger partial charge in [-0.15, -0.1) is 11.8 Å². The van der Waals surface area contributed by atoms with E-state index in [2.05, 4.69) is 16.0 Å². The van der Waals surface area contributed by atoms with Crippen molar-refractivity contribution >= 4 is 97.3 Å². The van der Waals surface area contributed by atoms with Crippen molar-refractivity contribution in [2.45, 2.75) is 156 Å². The molecule has 99 heavy (non-hydrogen) atoms. The third-order valence-corrected chi connectivity index (χ3v) is 24.4. The maximum atomic E-state index is 14.3. The third kappa shape index (κ3) is 19.6. The number of ether oxygens (including phenoxy) is 4. The number of rotatable bonds is 35.